The number of phosphoric ester groups is 2. The molecule has 0 heterocycles. The first-order valence-corrected chi connectivity index (χ1v) is 46.9. The molecule has 0 aliphatic carbocycles. The van der Waals surface area contributed by atoms with Crippen molar-refractivity contribution in [2.75, 3.05) is 39.6 Å². The van der Waals surface area contributed by atoms with Gasteiger partial charge < -0.3 is 33.8 Å². The minimum atomic E-state index is -4.97. The zero-order valence-corrected chi connectivity index (χ0v) is 70.3. The van der Waals surface area contributed by atoms with E-state index in [2.05, 4.69) is 48.5 Å². The number of carbonyl (C=O) groups excluding carboxylic acids is 4. The second-order valence-corrected chi connectivity index (χ2v) is 34.7. The van der Waals surface area contributed by atoms with Crippen LogP contribution in [0.15, 0.2) is 0 Å². The van der Waals surface area contributed by atoms with Crippen molar-refractivity contribution < 1.29 is 80.2 Å². The SMILES string of the molecule is CCCCCCCCCCCCCCCCC(=O)O[C@H](COC(=O)CCCCCCCCCCC(C)CC)COP(=O)(O)OC[C@H](O)COP(=O)(O)OC[C@@H](COC(=O)CCCCCCCCCCCCCCCCCCC(C)C)OC(=O)CCCCCCCCCCCCCCCCCCC(C)C. The van der Waals surface area contributed by atoms with Gasteiger partial charge in [0.05, 0.1) is 26.4 Å². The Labute approximate surface area is 638 Å². The molecule has 3 unspecified atom stereocenters. The maximum Gasteiger partial charge on any atom is 0.472 e. The molecule has 0 aromatic heterocycles. The van der Waals surface area contributed by atoms with Crippen LogP contribution in [0.5, 0.6) is 0 Å². The monoisotopic (exact) mass is 1520 g/mol. The number of unbranched alkanes of at least 4 members (excludes halogenated alkanes) is 50. The van der Waals surface area contributed by atoms with E-state index in [9.17, 15) is 43.2 Å². The largest absolute Gasteiger partial charge is 0.472 e. The Balaban J connectivity index is 5.26. The molecule has 618 valence electrons. The molecule has 0 aliphatic rings. The van der Waals surface area contributed by atoms with Gasteiger partial charge in [0.2, 0.25) is 0 Å². The van der Waals surface area contributed by atoms with Crippen LogP contribution in [0, 0.1) is 17.8 Å². The molecule has 0 saturated heterocycles. The molecular formula is C85H166O17P2. The van der Waals surface area contributed by atoms with Crippen LogP contribution < -0.4 is 0 Å². The van der Waals surface area contributed by atoms with Crippen LogP contribution in [0.25, 0.3) is 0 Å². The molecule has 0 saturated carbocycles. The normalized spacial score (nSPS) is 14.2. The second kappa shape index (κ2) is 75.1. The van der Waals surface area contributed by atoms with Gasteiger partial charge >= 0.3 is 39.5 Å². The van der Waals surface area contributed by atoms with E-state index in [1.54, 1.807) is 0 Å². The van der Waals surface area contributed by atoms with Crippen LogP contribution in [0.1, 0.15) is 447 Å². The predicted octanol–water partition coefficient (Wildman–Crippen LogP) is 25.7. The van der Waals surface area contributed by atoms with Gasteiger partial charge in [0.25, 0.3) is 0 Å². The summed E-state index contributed by atoms with van der Waals surface area (Å²) in [5.74, 6) is 0.295. The van der Waals surface area contributed by atoms with Gasteiger partial charge in [-0.25, -0.2) is 9.13 Å². The fraction of sp³-hybridized carbons (Fsp3) is 0.953. The molecule has 6 atom stereocenters. The first kappa shape index (κ1) is 102. The number of aliphatic hydroxyl groups excluding tert-OH is 1. The summed E-state index contributed by atoms with van der Waals surface area (Å²) < 4.78 is 68.9. The molecule has 0 aromatic rings. The Kier molecular flexibility index (Phi) is 73.7. The Morgan fingerprint density at radius 1 is 0.279 bits per heavy atom. The van der Waals surface area contributed by atoms with Crippen molar-refractivity contribution >= 4 is 39.5 Å². The highest BCUT2D eigenvalue weighted by atomic mass is 31.2. The standard InChI is InChI=1S/C85H166O17P2/c1-8-10-11-12-13-14-15-16-27-33-38-47-54-61-68-84(89)102-81(73-96-83(88)67-60-53-46-41-40-44-51-58-65-78(7)9-2)75-100-104(93,94)98-71-79(86)70-97-103(91,92)99-74-80(101-85(90)69-62-55-48-39-34-29-24-20-18-22-26-31-36-43-50-57-64-77(5)6)72-95-82(87)66-59-52-45-37-32-28-23-19-17-21-25-30-35-42-49-56-63-76(3)4/h76-81,86H,8-75H2,1-7H3,(H,91,92)(H,93,94)/t78?,79-,80-,81-/m1/s1. The van der Waals surface area contributed by atoms with Crippen molar-refractivity contribution in [1.29, 1.82) is 0 Å². The Morgan fingerprint density at radius 2 is 0.490 bits per heavy atom. The maximum atomic E-state index is 13.1. The average molecular weight is 1520 g/mol. The van der Waals surface area contributed by atoms with Gasteiger partial charge in [-0.05, 0) is 43.4 Å². The van der Waals surface area contributed by atoms with Crippen LogP contribution in [-0.2, 0) is 65.4 Å². The highest BCUT2D eigenvalue weighted by Crippen LogP contribution is 2.45. The van der Waals surface area contributed by atoms with E-state index in [-0.39, 0.29) is 25.7 Å². The van der Waals surface area contributed by atoms with Crippen molar-refractivity contribution in [3.63, 3.8) is 0 Å². The van der Waals surface area contributed by atoms with Gasteiger partial charge in [0.15, 0.2) is 12.2 Å². The second-order valence-electron chi connectivity index (χ2n) is 31.8. The highest BCUT2D eigenvalue weighted by Gasteiger charge is 2.30. The van der Waals surface area contributed by atoms with Gasteiger partial charge in [0.1, 0.15) is 19.3 Å². The minimum absolute atomic E-state index is 0.108. The summed E-state index contributed by atoms with van der Waals surface area (Å²) in [6.45, 7) is 12.0. The molecule has 3 N–H and O–H groups in total. The number of ether oxygens (including phenoxy) is 4. The summed E-state index contributed by atoms with van der Waals surface area (Å²) >= 11 is 0. The van der Waals surface area contributed by atoms with E-state index in [0.29, 0.717) is 25.7 Å². The molecule has 0 rings (SSSR count). The third-order valence-electron chi connectivity index (χ3n) is 20.2. The number of carbonyl (C=O) groups is 4. The number of aliphatic hydroxyl groups is 1. The number of esters is 4. The fourth-order valence-corrected chi connectivity index (χ4v) is 14.7. The number of phosphoric acid groups is 2. The lowest BCUT2D eigenvalue weighted by atomic mass is 9.99. The van der Waals surface area contributed by atoms with Crippen LogP contribution >= 0.6 is 15.6 Å². The lowest BCUT2D eigenvalue weighted by molar-refractivity contribution is -0.161. The zero-order valence-electron chi connectivity index (χ0n) is 68.5. The van der Waals surface area contributed by atoms with Crippen molar-refractivity contribution in [3.05, 3.63) is 0 Å². The van der Waals surface area contributed by atoms with Gasteiger partial charge in [-0.15, -0.1) is 0 Å². The number of rotatable bonds is 83. The van der Waals surface area contributed by atoms with Crippen LogP contribution in [-0.4, -0.2) is 96.7 Å². The van der Waals surface area contributed by atoms with Gasteiger partial charge in [0, 0.05) is 25.7 Å². The molecule has 0 bridgehead atoms. The first-order chi connectivity index (χ1) is 50.3. The summed E-state index contributed by atoms with van der Waals surface area (Å²) in [5, 5.41) is 10.7. The van der Waals surface area contributed by atoms with Gasteiger partial charge in [-0.1, -0.05) is 395 Å². The predicted molar refractivity (Wildman–Crippen MR) is 428 cm³/mol. The van der Waals surface area contributed by atoms with Crippen molar-refractivity contribution in [2.24, 2.45) is 17.8 Å². The van der Waals surface area contributed by atoms with Gasteiger partial charge in [-0.2, -0.15) is 0 Å². The third-order valence-corrected chi connectivity index (χ3v) is 22.1. The lowest BCUT2D eigenvalue weighted by Gasteiger charge is -2.21. The minimum Gasteiger partial charge on any atom is -0.462 e. The molecule has 0 amide bonds. The summed E-state index contributed by atoms with van der Waals surface area (Å²) in [6.07, 6.45) is 65.1. The molecule has 17 nitrogen and oxygen atoms in total. The molecule has 0 aliphatic heterocycles. The van der Waals surface area contributed by atoms with E-state index in [4.69, 9.17) is 37.0 Å². The maximum absolute atomic E-state index is 13.1. The highest BCUT2D eigenvalue weighted by molar-refractivity contribution is 7.47. The van der Waals surface area contributed by atoms with Crippen LogP contribution in [0.4, 0.5) is 0 Å². The van der Waals surface area contributed by atoms with E-state index >= 15 is 0 Å². The average Bonchev–Trinajstić information content (AvgIpc) is 0.905. The summed E-state index contributed by atoms with van der Waals surface area (Å²) in [5.41, 5.74) is 0. The lowest BCUT2D eigenvalue weighted by Crippen LogP contribution is -2.30. The zero-order chi connectivity index (χ0) is 76.5. The van der Waals surface area contributed by atoms with Crippen LogP contribution in [0.2, 0.25) is 0 Å². The molecule has 0 spiro atoms. The van der Waals surface area contributed by atoms with Crippen LogP contribution in [0.3, 0.4) is 0 Å². The van der Waals surface area contributed by atoms with E-state index < -0.39 is 97.5 Å². The smallest absolute Gasteiger partial charge is 0.462 e. The molecule has 0 radical (unpaired) electrons. The first-order valence-electron chi connectivity index (χ1n) is 43.9. The molecule has 19 heteroatoms. The Morgan fingerprint density at radius 3 is 0.731 bits per heavy atom. The quantitative estimate of drug-likeness (QED) is 0.0222. The summed E-state index contributed by atoms with van der Waals surface area (Å²) in [6, 6.07) is 0. The number of hydrogen-bond donors (Lipinski definition) is 3. The summed E-state index contributed by atoms with van der Waals surface area (Å²) in [7, 11) is -9.93. The molecule has 0 fully saturated rings. The topological polar surface area (TPSA) is 237 Å². The molecule has 0 aromatic carbocycles. The van der Waals surface area contributed by atoms with E-state index in [0.717, 1.165) is 108 Å². The van der Waals surface area contributed by atoms with Gasteiger partial charge in [-0.3, -0.25) is 37.3 Å². The van der Waals surface area contributed by atoms with Crippen molar-refractivity contribution in [2.45, 2.75) is 465 Å². The Bertz CT molecular complexity index is 2010. The molecular weight excluding hydrogens is 1350 g/mol. The van der Waals surface area contributed by atoms with E-state index in [1.807, 2.05) is 0 Å². The van der Waals surface area contributed by atoms with Crippen molar-refractivity contribution in [3.8, 4) is 0 Å². The molecule has 104 heavy (non-hydrogen) atoms. The van der Waals surface area contributed by atoms with E-state index in [1.165, 1.54) is 257 Å². The fourth-order valence-electron chi connectivity index (χ4n) is 13.2. The van der Waals surface area contributed by atoms with Crippen molar-refractivity contribution in [1.82, 2.24) is 0 Å². The Hall–Kier alpha value is -1.94. The third kappa shape index (κ3) is 76.8. The number of hydrogen-bond acceptors (Lipinski definition) is 15. The summed E-state index contributed by atoms with van der Waals surface area (Å²) in [4.78, 5) is 73.2.